The van der Waals surface area contributed by atoms with Gasteiger partial charge in [0, 0.05) is 0 Å². The van der Waals surface area contributed by atoms with Crippen molar-refractivity contribution in [3.05, 3.63) is 153 Å². The Kier molecular flexibility index (Phi) is 22.3. The lowest BCUT2D eigenvalue weighted by molar-refractivity contribution is -0.150. The van der Waals surface area contributed by atoms with Crippen LogP contribution in [0.1, 0.15) is 145 Å². The van der Waals surface area contributed by atoms with Gasteiger partial charge >= 0.3 is 23.9 Å². The molecule has 0 bridgehead atoms. The van der Waals surface area contributed by atoms with Gasteiger partial charge in [-0.2, -0.15) is 0 Å². The van der Waals surface area contributed by atoms with Gasteiger partial charge in [-0.1, -0.05) is 146 Å². The van der Waals surface area contributed by atoms with E-state index in [1.807, 2.05) is 50.3 Å². The summed E-state index contributed by atoms with van der Waals surface area (Å²) in [6, 6.07) is 7.08. The van der Waals surface area contributed by atoms with Crippen molar-refractivity contribution in [1.82, 2.24) is 0 Å². The molecule has 2 aliphatic carbocycles. The van der Waals surface area contributed by atoms with Gasteiger partial charge in [0.1, 0.15) is 26.4 Å². The molecule has 0 spiro atoms. The summed E-state index contributed by atoms with van der Waals surface area (Å²) < 4.78 is 21.2. The minimum absolute atomic E-state index is 0.0417. The Hall–Kier alpha value is -5.50. The van der Waals surface area contributed by atoms with E-state index in [1.54, 1.807) is 24.3 Å². The van der Waals surface area contributed by atoms with Gasteiger partial charge in [-0.25, -0.2) is 0 Å². The lowest BCUT2D eigenvalue weighted by Crippen LogP contribution is -2.19. The molecule has 0 radical (unpaired) electrons. The van der Waals surface area contributed by atoms with Crippen LogP contribution in [0.3, 0.4) is 0 Å². The van der Waals surface area contributed by atoms with E-state index in [9.17, 15) is 19.2 Å². The Morgan fingerprint density at radius 3 is 1.20 bits per heavy atom. The van der Waals surface area contributed by atoms with Gasteiger partial charge in [-0.3, -0.25) is 19.2 Å². The highest BCUT2D eigenvalue weighted by Gasteiger charge is 2.27. The Morgan fingerprint density at radius 1 is 0.516 bits per heavy atom. The van der Waals surface area contributed by atoms with Gasteiger partial charge in [-0.05, 0) is 125 Å². The lowest BCUT2D eigenvalue weighted by Gasteiger charge is -2.33. The van der Waals surface area contributed by atoms with Gasteiger partial charge < -0.3 is 18.9 Å². The highest BCUT2D eigenvalue weighted by atomic mass is 16.5. The molecule has 0 aromatic heterocycles. The molecule has 8 nitrogen and oxygen atoms in total. The molecule has 0 atom stereocenters. The fourth-order valence-electron chi connectivity index (χ4n) is 7.69. The smallest absolute Gasteiger partial charge is 0.306 e. The number of rotatable bonds is 22. The monoisotopic (exact) mass is 875 g/mol. The number of ether oxygens (including phenoxy) is 4. The van der Waals surface area contributed by atoms with Gasteiger partial charge in [0.25, 0.3) is 0 Å². The van der Waals surface area contributed by atoms with Crippen molar-refractivity contribution >= 4 is 23.9 Å². The minimum atomic E-state index is -0.505. The van der Waals surface area contributed by atoms with E-state index in [0.29, 0.717) is 0 Å². The molecule has 3 rings (SSSR count). The molecule has 0 heterocycles. The van der Waals surface area contributed by atoms with Crippen LogP contribution in [-0.4, -0.2) is 37.1 Å². The van der Waals surface area contributed by atoms with E-state index in [1.165, 1.54) is 60.8 Å². The first kappa shape index (κ1) is 52.8. The molecule has 8 heteroatoms. The van der Waals surface area contributed by atoms with Crippen molar-refractivity contribution in [3.63, 3.8) is 0 Å². The van der Waals surface area contributed by atoms with E-state index in [4.69, 9.17) is 18.9 Å². The van der Waals surface area contributed by atoms with Crippen molar-refractivity contribution in [2.75, 3.05) is 13.2 Å². The molecule has 0 saturated heterocycles. The zero-order valence-corrected chi connectivity index (χ0v) is 40.4. The van der Waals surface area contributed by atoms with Crippen LogP contribution < -0.4 is 0 Å². The SMILES string of the molecule is CC1=C(/C=C/C(C)=C/C=C/C(C)=C/COC(=O)CCC(=O)OCc2ccc(COC(=O)CCC(=O)OC/C=C(C)/C=C/C=C(C)/C=C/C3=C(C)CCCC3(C)C)cc2)C(C)(C)CCC1. The van der Waals surface area contributed by atoms with Crippen molar-refractivity contribution < 1.29 is 38.1 Å². The van der Waals surface area contributed by atoms with E-state index in [-0.39, 0.29) is 62.9 Å². The predicted molar refractivity (Wildman–Crippen MR) is 259 cm³/mol. The predicted octanol–water partition coefficient (Wildman–Crippen LogP) is 13.5. The second-order valence-corrected chi connectivity index (χ2v) is 18.5. The first-order valence-corrected chi connectivity index (χ1v) is 22.8. The first-order chi connectivity index (χ1) is 30.3. The van der Waals surface area contributed by atoms with Crippen LogP contribution in [0, 0.1) is 10.8 Å². The van der Waals surface area contributed by atoms with Crippen LogP contribution in [0.5, 0.6) is 0 Å². The van der Waals surface area contributed by atoms with E-state index >= 15 is 0 Å². The van der Waals surface area contributed by atoms with Crippen LogP contribution in [0.4, 0.5) is 0 Å². The Balaban J connectivity index is 1.26. The maximum absolute atomic E-state index is 12.3. The number of benzene rings is 1. The Bertz CT molecular complexity index is 1940. The van der Waals surface area contributed by atoms with Crippen molar-refractivity contribution in [2.45, 2.75) is 147 Å². The average molecular weight is 875 g/mol. The quantitative estimate of drug-likeness (QED) is 0.0644. The molecule has 64 heavy (non-hydrogen) atoms. The average Bonchev–Trinajstić information content (AvgIpc) is 3.23. The topological polar surface area (TPSA) is 105 Å². The van der Waals surface area contributed by atoms with E-state index in [2.05, 4.69) is 91.8 Å². The van der Waals surface area contributed by atoms with Crippen molar-refractivity contribution in [2.24, 2.45) is 10.8 Å². The number of esters is 4. The lowest BCUT2D eigenvalue weighted by atomic mass is 9.72. The second-order valence-electron chi connectivity index (χ2n) is 18.5. The maximum atomic E-state index is 12.3. The molecule has 346 valence electrons. The third-order valence-corrected chi connectivity index (χ3v) is 11.7. The zero-order valence-electron chi connectivity index (χ0n) is 40.4. The summed E-state index contributed by atoms with van der Waals surface area (Å²) in [6.07, 6.45) is 31.5. The fourth-order valence-corrected chi connectivity index (χ4v) is 7.69. The maximum Gasteiger partial charge on any atom is 0.306 e. The van der Waals surface area contributed by atoms with E-state index in [0.717, 1.165) is 33.4 Å². The molecule has 0 N–H and O–H groups in total. The molecule has 0 saturated carbocycles. The Labute approximate surface area is 384 Å². The molecule has 0 amide bonds. The summed E-state index contributed by atoms with van der Waals surface area (Å²) in [7, 11) is 0. The molecule has 0 unspecified atom stereocenters. The number of allylic oxidation sites excluding steroid dienone is 18. The van der Waals surface area contributed by atoms with Crippen LogP contribution >= 0.6 is 0 Å². The Morgan fingerprint density at radius 2 is 0.859 bits per heavy atom. The summed E-state index contributed by atoms with van der Waals surface area (Å²) in [5.41, 5.74) is 12.0. The molecule has 1 aromatic carbocycles. The number of carbonyl (C=O) groups is 4. The van der Waals surface area contributed by atoms with Gasteiger partial charge in [0.05, 0.1) is 25.7 Å². The largest absolute Gasteiger partial charge is 0.461 e. The number of hydrogen-bond donors (Lipinski definition) is 0. The van der Waals surface area contributed by atoms with Crippen LogP contribution in [0.15, 0.2) is 142 Å². The molecular weight excluding hydrogens is 801 g/mol. The summed E-state index contributed by atoms with van der Waals surface area (Å²) >= 11 is 0. The zero-order chi connectivity index (χ0) is 47.1. The minimum Gasteiger partial charge on any atom is -0.461 e. The first-order valence-electron chi connectivity index (χ1n) is 22.8. The van der Waals surface area contributed by atoms with Crippen molar-refractivity contribution in [1.29, 1.82) is 0 Å². The summed E-state index contributed by atoms with van der Waals surface area (Å²) in [4.78, 5) is 49.0. The third-order valence-electron chi connectivity index (χ3n) is 11.7. The molecule has 1 aromatic rings. The fraction of sp³-hybridized carbons (Fsp3) is 0.464. The van der Waals surface area contributed by atoms with Crippen LogP contribution in [0.25, 0.3) is 0 Å². The highest BCUT2D eigenvalue weighted by molar-refractivity contribution is 5.78. The van der Waals surface area contributed by atoms with E-state index < -0.39 is 23.9 Å². The number of carbonyl (C=O) groups excluding carboxylic acids is 4. The molecule has 0 fully saturated rings. The normalized spacial score (nSPS) is 17.5. The molecular formula is C56H74O8. The van der Waals surface area contributed by atoms with Crippen molar-refractivity contribution in [3.8, 4) is 0 Å². The number of hydrogen-bond acceptors (Lipinski definition) is 8. The van der Waals surface area contributed by atoms with Crippen LogP contribution in [-0.2, 0) is 51.3 Å². The van der Waals surface area contributed by atoms with Crippen LogP contribution in [0.2, 0.25) is 0 Å². The summed E-state index contributed by atoms with van der Waals surface area (Å²) in [6.45, 7) is 22.1. The van der Waals surface area contributed by atoms with Gasteiger partial charge in [-0.15, -0.1) is 0 Å². The standard InChI is InChI=1S/C56H74O8/c1-41(21-27-49-45(5)19-13-35-55(49,7)8)15-11-17-43(3)33-37-61-51(57)29-31-53(59)63-39-47-23-25-48(26-24-47)40-64-54(60)32-30-52(58)62-38-34-44(4)18-12-16-42(2)22-28-50-46(6)20-14-36-56(50,9)10/h11-12,15-18,21-28,33-34H,13-14,19-20,29-32,35-40H2,1-10H3/b17-11+,18-12+,27-21+,28-22+,41-15+,42-16+,43-33+,44-34+. The van der Waals surface area contributed by atoms with Gasteiger partial charge in [0.15, 0.2) is 0 Å². The second kappa shape index (κ2) is 27.0. The van der Waals surface area contributed by atoms with Gasteiger partial charge in [0.2, 0.25) is 0 Å². The molecule has 0 aliphatic heterocycles. The molecule has 2 aliphatic rings. The summed E-state index contributed by atoms with van der Waals surface area (Å²) in [5, 5.41) is 0. The summed E-state index contributed by atoms with van der Waals surface area (Å²) in [5.74, 6) is -1.96. The highest BCUT2D eigenvalue weighted by Crippen LogP contribution is 2.42. The third kappa shape index (κ3) is 20.3.